The first-order chi connectivity index (χ1) is 11.2. The highest BCUT2D eigenvalue weighted by molar-refractivity contribution is 5.93. The van der Waals surface area contributed by atoms with Crippen molar-refractivity contribution in [3.63, 3.8) is 0 Å². The Hall–Kier alpha value is -2.28. The van der Waals surface area contributed by atoms with Gasteiger partial charge in [-0.25, -0.2) is 4.79 Å². The van der Waals surface area contributed by atoms with Crippen molar-refractivity contribution < 1.29 is 39.6 Å². The Morgan fingerprint density at radius 2 is 1.46 bits per heavy atom. The fraction of sp³-hybridized carbons (Fsp3) is 0.667. The molecule has 12 nitrogen and oxygen atoms in total. The summed E-state index contributed by atoms with van der Waals surface area (Å²) >= 11 is 0. The van der Waals surface area contributed by atoms with E-state index in [4.69, 9.17) is 21.1 Å². The van der Waals surface area contributed by atoms with Gasteiger partial charge in [-0.05, 0) is 6.92 Å². The molecule has 0 radical (unpaired) electrons. The number of nitrogens with two attached hydrogens (primary N) is 1. The molecule has 0 saturated heterocycles. The number of aliphatic hydroxyl groups excluding tert-OH is 3. The van der Waals surface area contributed by atoms with Crippen LogP contribution in [0.15, 0.2) is 0 Å². The first kappa shape index (κ1) is 21.7. The summed E-state index contributed by atoms with van der Waals surface area (Å²) in [5, 5.41) is 42.3. The Balaban J connectivity index is 4.94. The average Bonchev–Trinajstić information content (AvgIpc) is 2.53. The van der Waals surface area contributed by atoms with E-state index in [9.17, 15) is 24.3 Å². The van der Waals surface area contributed by atoms with Gasteiger partial charge in [0.1, 0.15) is 18.1 Å². The highest BCUT2D eigenvalue weighted by atomic mass is 16.4. The number of carbonyl (C=O) groups excluding carboxylic acids is 3. The summed E-state index contributed by atoms with van der Waals surface area (Å²) in [4.78, 5) is 45.8. The highest BCUT2D eigenvalue weighted by Gasteiger charge is 2.30. The van der Waals surface area contributed by atoms with E-state index in [0.717, 1.165) is 0 Å². The number of carbonyl (C=O) groups is 4. The van der Waals surface area contributed by atoms with E-state index in [2.05, 4.69) is 10.6 Å². The van der Waals surface area contributed by atoms with Crippen LogP contribution in [0.4, 0.5) is 0 Å². The molecule has 4 atom stereocenters. The highest BCUT2D eigenvalue weighted by Crippen LogP contribution is 1.96. The first-order valence-electron chi connectivity index (χ1n) is 6.90. The molecule has 0 bridgehead atoms. The van der Waals surface area contributed by atoms with E-state index < -0.39 is 67.7 Å². The number of rotatable bonds is 10. The van der Waals surface area contributed by atoms with Gasteiger partial charge in [0.25, 0.3) is 0 Å². The molecule has 0 rings (SSSR count). The molecule has 4 unspecified atom stereocenters. The first-order valence-corrected chi connectivity index (χ1v) is 6.90. The normalized spacial score (nSPS) is 15.5. The van der Waals surface area contributed by atoms with Gasteiger partial charge in [-0.15, -0.1) is 0 Å². The van der Waals surface area contributed by atoms with Gasteiger partial charge in [0.2, 0.25) is 17.7 Å². The van der Waals surface area contributed by atoms with E-state index in [1.54, 1.807) is 0 Å². The number of carboxylic acid groups (broad SMARTS) is 1. The molecule has 0 aliphatic heterocycles. The SMILES string of the molecule is CC(O)C(NC(=O)CN)C(=O)NC(CO)C(=O)NC(CO)C(=O)O. The van der Waals surface area contributed by atoms with Crippen LogP contribution in [0.1, 0.15) is 6.92 Å². The van der Waals surface area contributed by atoms with Crippen LogP contribution in [0.2, 0.25) is 0 Å². The number of hydrogen-bond donors (Lipinski definition) is 8. The van der Waals surface area contributed by atoms with Crippen LogP contribution >= 0.6 is 0 Å². The maximum Gasteiger partial charge on any atom is 0.328 e. The summed E-state index contributed by atoms with van der Waals surface area (Å²) in [7, 11) is 0. The predicted octanol–water partition coefficient (Wildman–Crippen LogP) is -5.15. The van der Waals surface area contributed by atoms with Crippen molar-refractivity contribution in [2.45, 2.75) is 31.2 Å². The third kappa shape index (κ3) is 6.87. The van der Waals surface area contributed by atoms with Crippen molar-refractivity contribution in [1.82, 2.24) is 16.0 Å². The van der Waals surface area contributed by atoms with Crippen LogP contribution in [0.5, 0.6) is 0 Å². The van der Waals surface area contributed by atoms with E-state index in [1.165, 1.54) is 6.92 Å². The van der Waals surface area contributed by atoms with Crippen LogP contribution in [0, 0.1) is 0 Å². The Morgan fingerprint density at radius 1 is 0.958 bits per heavy atom. The summed E-state index contributed by atoms with van der Waals surface area (Å²) in [6, 6.07) is -4.61. The lowest BCUT2D eigenvalue weighted by molar-refractivity contribution is -0.143. The molecular weight excluding hydrogens is 328 g/mol. The quantitative estimate of drug-likeness (QED) is 0.189. The Kier molecular flexibility index (Phi) is 9.49. The van der Waals surface area contributed by atoms with Gasteiger partial charge in [0.05, 0.1) is 25.9 Å². The topological polar surface area (TPSA) is 211 Å². The zero-order chi connectivity index (χ0) is 18.9. The summed E-state index contributed by atoms with van der Waals surface area (Å²) < 4.78 is 0. The van der Waals surface area contributed by atoms with E-state index in [1.807, 2.05) is 5.32 Å². The number of aliphatic hydroxyl groups is 3. The second kappa shape index (κ2) is 10.5. The standard InChI is InChI=1S/C12H22N4O8/c1-5(19)9(16-8(20)2-13)11(22)14-6(3-17)10(21)15-7(4-18)12(23)24/h5-7,9,17-19H,2-4,13H2,1H3,(H,14,22)(H,15,21)(H,16,20)(H,23,24). The van der Waals surface area contributed by atoms with Gasteiger partial charge >= 0.3 is 5.97 Å². The minimum atomic E-state index is -1.62. The molecule has 138 valence electrons. The molecule has 0 saturated carbocycles. The molecule has 9 N–H and O–H groups in total. The molecule has 0 aliphatic carbocycles. The Morgan fingerprint density at radius 3 is 1.83 bits per heavy atom. The Labute approximate surface area is 137 Å². The molecular formula is C12H22N4O8. The minimum Gasteiger partial charge on any atom is -0.480 e. The summed E-state index contributed by atoms with van der Waals surface area (Å²) in [6.45, 7) is -0.999. The average molecular weight is 350 g/mol. The fourth-order valence-electron chi connectivity index (χ4n) is 1.55. The van der Waals surface area contributed by atoms with Gasteiger partial charge in [-0.1, -0.05) is 0 Å². The molecule has 3 amide bonds. The lowest BCUT2D eigenvalue weighted by atomic mass is 10.1. The molecule has 24 heavy (non-hydrogen) atoms. The maximum absolute atomic E-state index is 12.0. The van der Waals surface area contributed by atoms with Crippen LogP contribution in [0.25, 0.3) is 0 Å². The van der Waals surface area contributed by atoms with Crippen LogP contribution < -0.4 is 21.7 Å². The van der Waals surface area contributed by atoms with Crippen molar-refractivity contribution in [3.8, 4) is 0 Å². The largest absolute Gasteiger partial charge is 0.480 e. The van der Waals surface area contributed by atoms with Crippen LogP contribution in [0.3, 0.4) is 0 Å². The molecule has 0 aliphatic rings. The van der Waals surface area contributed by atoms with Crippen LogP contribution in [-0.4, -0.2) is 88.1 Å². The monoisotopic (exact) mass is 350 g/mol. The van der Waals surface area contributed by atoms with E-state index in [-0.39, 0.29) is 0 Å². The molecule has 0 aromatic heterocycles. The van der Waals surface area contributed by atoms with Crippen molar-refractivity contribution in [3.05, 3.63) is 0 Å². The lowest BCUT2D eigenvalue weighted by Gasteiger charge is -2.24. The van der Waals surface area contributed by atoms with Gasteiger partial charge in [-0.3, -0.25) is 14.4 Å². The Bertz CT molecular complexity index is 470. The molecule has 0 fully saturated rings. The summed E-state index contributed by atoms with van der Waals surface area (Å²) in [5.74, 6) is -4.29. The second-order valence-corrected chi connectivity index (χ2v) is 4.82. The summed E-state index contributed by atoms with van der Waals surface area (Å²) in [6.07, 6.45) is -1.33. The van der Waals surface area contributed by atoms with Gasteiger partial charge in [-0.2, -0.15) is 0 Å². The lowest BCUT2D eigenvalue weighted by Crippen LogP contribution is -2.59. The predicted molar refractivity (Wildman–Crippen MR) is 78.3 cm³/mol. The zero-order valence-corrected chi connectivity index (χ0v) is 12.9. The van der Waals surface area contributed by atoms with E-state index in [0.29, 0.717) is 0 Å². The third-order valence-electron chi connectivity index (χ3n) is 2.88. The number of carboxylic acids is 1. The third-order valence-corrected chi connectivity index (χ3v) is 2.88. The molecule has 0 aromatic rings. The number of amides is 3. The summed E-state index contributed by atoms with van der Waals surface area (Å²) in [5.41, 5.74) is 5.09. The molecule has 0 aromatic carbocycles. The molecule has 12 heteroatoms. The maximum atomic E-state index is 12.0. The second-order valence-electron chi connectivity index (χ2n) is 4.82. The number of hydrogen-bond acceptors (Lipinski definition) is 8. The van der Waals surface area contributed by atoms with Crippen molar-refractivity contribution >= 4 is 23.7 Å². The number of aliphatic carboxylic acids is 1. The van der Waals surface area contributed by atoms with Crippen molar-refractivity contribution in [2.24, 2.45) is 5.73 Å². The minimum absolute atomic E-state index is 0.433. The molecule has 0 heterocycles. The van der Waals surface area contributed by atoms with Crippen molar-refractivity contribution in [2.75, 3.05) is 19.8 Å². The van der Waals surface area contributed by atoms with Crippen molar-refractivity contribution in [1.29, 1.82) is 0 Å². The zero-order valence-electron chi connectivity index (χ0n) is 12.9. The smallest absolute Gasteiger partial charge is 0.328 e. The number of nitrogens with one attached hydrogen (secondary N) is 3. The molecule has 0 spiro atoms. The van der Waals surface area contributed by atoms with Crippen LogP contribution in [-0.2, 0) is 19.2 Å². The van der Waals surface area contributed by atoms with Gasteiger partial charge < -0.3 is 42.1 Å². The van der Waals surface area contributed by atoms with Gasteiger partial charge in [0, 0.05) is 0 Å². The van der Waals surface area contributed by atoms with Gasteiger partial charge in [0.15, 0.2) is 0 Å². The fourth-order valence-corrected chi connectivity index (χ4v) is 1.55. The van der Waals surface area contributed by atoms with E-state index >= 15 is 0 Å².